The van der Waals surface area contributed by atoms with Crippen molar-refractivity contribution in [3.05, 3.63) is 35.4 Å². The highest BCUT2D eigenvalue weighted by atomic mass is 14.7. The molecule has 0 amide bonds. The lowest BCUT2D eigenvalue weighted by Crippen LogP contribution is -2.34. The van der Waals surface area contributed by atoms with Gasteiger partial charge in [-0.2, -0.15) is 0 Å². The molecule has 14 heavy (non-hydrogen) atoms. The van der Waals surface area contributed by atoms with Gasteiger partial charge in [0, 0.05) is 5.54 Å². The summed E-state index contributed by atoms with van der Waals surface area (Å²) in [6.07, 6.45) is 3.56. The fourth-order valence-corrected chi connectivity index (χ4v) is 2.54. The van der Waals surface area contributed by atoms with Gasteiger partial charge in [0.25, 0.3) is 0 Å². The zero-order valence-corrected chi connectivity index (χ0v) is 9.09. The second-order valence-electron chi connectivity index (χ2n) is 5.24. The molecule has 0 unspecified atom stereocenters. The first-order valence-corrected chi connectivity index (χ1v) is 5.40. The van der Waals surface area contributed by atoms with Gasteiger partial charge >= 0.3 is 0 Å². The van der Waals surface area contributed by atoms with Crippen LogP contribution in [0, 0.1) is 5.92 Å². The van der Waals surface area contributed by atoms with Crippen molar-refractivity contribution < 1.29 is 0 Å². The van der Waals surface area contributed by atoms with Crippen LogP contribution in [0.4, 0.5) is 0 Å². The highest BCUT2D eigenvalue weighted by Gasteiger charge is 2.25. The molecule has 1 nitrogen and oxygen atoms in total. The maximum Gasteiger partial charge on any atom is 0.00999 e. The summed E-state index contributed by atoms with van der Waals surface area (Å²) in [6, 6.07) is 8.77. The van der Waals surface area contributed by atoms with Crippen LogP contribution in [0.15, 0.2) is 24.3 Å². The molecule has 0 saturated heterocycles. The lowest BCUT2D eigenvalue weighted by Gasteiger charge is -2.22. The molecule has 2 N–H and O–H groups in total. The molecule has 76 valence electrons. The fraction of sp³-hybridized carbons (Fsp3) is 0.538. The molecule has 0 aromatic heterocycles. The van der Waals surface area contributed by atoms with Gasteiger partial charge in [-0.15, -0.1) is 0 Å². The summed E-state index contributed by atoms with van der Waals surface area (Å²) >= 11 is 0. The van der Waals surface area contributed by atoms with Crippen molar-refractivity contribution in [1.29, 1.82) is 0 Å². The molecular formula is C13H19N. The molecule has 0 atom stereocenters. The second-order valence-corrected chi connectivity index (χ2v) is 5.24. The summed E-state index contributed by atoms with van der Waals surface area (Å²) < 4.78 is 0. The Hall–Kier alpha value is -0.820. The van der Waals surface area contributed by atoms with Crippen LogP contribution in [-0.4, -0.2) is 5.54 Å². The van der Waals surface area contributed by atoms with E-state index in [2.05, 4.69) is 38.1 Å². The van der Waals surface area contributed by atoms with Gasteiger partial charge in [-0.3, -0.25) is 0 Å². The minimum Gasteiger partial charge on any atom is -0.326 e. The SMILES string of the molecule is CC(C)(N)CC1Cc2ccccc2C1. The molecule has 1 aromatic carbocycles. The highest BCUT2D eigenvalue weighted by molar-refractivity contribution is 5.32. The van der Waals surface area contributed by atoms with E-state index >= 15 is 0 Å². The molecule has 1 heteroatoms. The summed E-state index contributed by atoms with van der Waals surface area (Å²) in [5, 5.41) is 0. The summed E-state index contributed by atoms with van der Waals surface area (Å²) in [5.41, 5.74) is 9.09. The molecule has 0 bridgehead atoms. The average molecular weight is 189 g/mol. The van der Waals surface area contributed by atoms with E-state index in [0.29, 0.717) is 0 Å². The van der Waals surface area contributed by atoms with Gasteiger partial charge in [0.05, 0.1) is 0 Å². The molecule has 0 spiro atoms. The lowest BCUT2D eigenvalue weighted by molar-refractivity contribution is 0.371. The molecule has 0 saturated carbocycles. The van der Waals surface area contributed by atoms with Crippen LogP contribution in [0.5, 0.6) is 0 Å². The molecule has 0 fully saturated rings. The summed E-state index contributed by atoms with van der Waals surface area (Å²) in [5.74, 6) is 0.757. The van der Waals surface area contributed by atoms with Gasteiger partial charge < -0.3 is 5.73 Å². The first-order valence-electron chi connectivity index (χ1n) is 5.40. The van der Waals surface area contributed by atoms with Gasteiger partial charge in [0.1, 0.15) is 0 Å². The minimum absolute atomic E-state index is 0.0211. The standard InChI is InChI=1S/C13H19N/c1-13(2,14)9-10-7-11-5-3-4-6-12(11)8-10/h3-6,10H,7-9,14H2,1-2H3. The number of benzene rings is 1. The van der Waals surface area contributed by atoms with Crippen LogP contribution < -0.4 is 5.73 Å². The molecule has 0 radical (unpaired) electrons. The number of hydrogen-bond acceptors (Lipinski definition) is 1. The predicted molar refractivity (Wildman–Crippen MR) is 60.2 cm³/mol. The van der Waals surface area contributed by atoms with E-state index < -0.39 is 0 Å². The quantitative estimate of drug-likeness (QED) is 0.760. The van der Waals surface area contributed by atoms with E-state index in [1.54, 1.807) is 0 Å². The van der Waals surface area contributed by atoms with Crippen molar-refractivity contribution in [2.75, 3.05) is 0 Å². The van der Waals surface area contributed by atoms with Gasteiger partial charge in [-0.1, -0.05) is 24.3 Å². The van der Waals surface area contributed by atoms with Gasteiger partial charge in [0.2, 0.25) is 0 Å². The average Bonchev–Trinajstić information content (AvgIpc) is 2.42. The number of rotatable bonds is 2. The van der Waals surface area contributed by atoms with Crippen molar-refractivity contribution in [2.24, 2.45) is 11.7 Å². The Balaban J connectivity index is 2.05. The second kappa shape index (κ2) is 3.39. The van der Waals surface area contributed by atoms with Gasteiger partial charge in [-0.05, 0) is 50.2 Å². The summed E-state index contributed by atoms with van der Waals surface area (Å²) in [7, 11) is 0. The zero-order chi connectivity index (χ0) is 10.2. The van der Waals surface area contributed by atoms with Crippen LogP contribution in [0.3, 0.4) is 0 Å². The highest BCUT2D eigenvalue weighted by Crippen LogP contribution is 2.30. The molecule has 1 aliphatic rings. The summed E-state index contributed by atoms with van der Waals surface area (Å²) in [4.78, 5) is 0. The van der Waals surface area contributed by atoms with Crippen LogP contribution in [0.1, 0.15) is 31.4 Å². The number of fused-ring (bicyclic) bond motifs is 1. The van der Waals surface area contributed by atoms with Gasteiger partial charge in [-0.25, -0.2) is 0 Å². The topological polar surface area (TPSA) is 26.0 Å². The van der Waals surface area contributed by atoms with Crippen molar-refractivity contribution in [3.8, 4) is 0 Å². The summed E-state index contributed by atoms with van der Waals surface area (Å²) in [6.45, 7) is 4.24. The van der Waals surface area contributed by atoms with E-state index in [4.69, 9.17) is 5.73 Å². The van der Waals surface area contributed by atoms with Crippen LogP contribution in [0.2, 0.25) is 0 Å². The van der Waals surface area contributed by atoms with E-state index in [1.807, 2.05) is 0 Å². The van der Waals surface area contributed by atoms with Crippen LogP contribution >= 0.6 is 0 Å². The Morgan fingerprint density at radius 2 is 1.71 bits per heavy atom. The fourth-order valence-electron chi connectivity index (χ4n) is 2.54. The molecular weight excluding hydrogens is 170 g/mol. The van der Waals surface area contributed by atoms with Crippen LogP contribution in [-0.2, 0) is 12.8 Å². The van der Waals surface area contributed by atoms with Gasteiger partial charge in [0.15, 0.2) is 0 Å². The number of nitrogens with two attached hydrogens (primary N) is 1. The van der Waals surface area contributed by atoms with E-state index in [-0.39, 0.29) is 5.54 Å². The third-order valence-corrected chi connectivity index (χ3v) is 2.95. The van der Waals surface area contributed by atoms with Crippen molar-refractivity contribution in [1.82, 2.24) is 0 Å². The largest absolute Gasteiger partial charge is 0.326 e. The van der Waals surface area contributed by atoms with Crippen molar-refractivity contribution >= 4 is 0 Å². The Morgan fingerprint density at radius 1 is 1.21 bits per heavy atom. The van der Waals surface area contributed by atoms with E-state index in [0.717, 1.165) is 12.3 Å². The Morgan fingerprint density at radius 3 is 2.14 bits per heavy atom. The Labute approximate surface area is 86.3 Å². The van der Waals surface area contributed by atoms with Crippen LogP contribution in [0.25, 0.3) is 0 Å². The molecule has 2 rings (SSSR count). The van der Waals surface area contributed by atoms with Crippen molar-refractivity contribution in [2.45, 2.75) is 38.6 Å². The smallest absolute Gasteiger partial charge is 0.00999 e. The minimum atomic E-state index is -0.0211. The third-order valence-electron chi connectivity index (χ3n) is 2.95. The number of hydrogen-bond donors (Lipinski definition) is 1. The molecule has 1 aliphatic carbocycles. The normalized spacial score (nSPS) is 17.1. The maximum atomic E-state index is 6.05. The predicted octanol–water partition coefficient (Wildman–Crippen LogP) is 2.53. The van der Waals surface area contributed by atoms with Crippen molar-refractivity contribution in [3.63, 3.8) is 0 Å². The zero-order valence-electron chi connectivity index (χ0n) is 9.09. The van der Waals surface area contributed by atoms with E-state index in [1.165, 1.54) is 24.0 Å². The first kappa shape index (κ1) is 9.72. The lowest BCUT2D eigenvalue weighted by atomic mass is 9.90. The third kappa shape index (κ3) is 2.16. The maximum absolute atomic E-state index is 6.05. The molecule has 0 heterocycles. The molecule has 1 aromatic rings. The Kier molecular flexibility index (Phi) is 2.36. The monoisotopic (exact) mass is 189 g/mol. The first-order chi connectivity index (χ1) is 6.54. The van der Waals surface area contributed by atoms with E-state index in [9.17, 15) is 0 Å². The molecule has 0 aliphatic heterocycles. The Bertz CT molecular complexity index is 297.